The van der Waals surface area contributed by atoms with Crippen LogP contribution in [0.5, 0.6) is 0 Å². The molecule has 2 fully saturated rings. The Morgan fingerprint density at radius 3 is 2.37 bits per heavy atom. The molecule has 3 rings (SSSR count). The molecule has 0 heterocycles. The summed E-state index contributed by atoms with van der Waals surface area (Å²) in [4.78, 5) is 0. The Balaban J connectivity index is 1.76. The third-order valence-corrected chi connectivity index (χ3v) is 6.54. The average molecular weight is 257 g/mol. The molecule has 0 aliphatic heterocycles. The second-order valence-corrected chi connectivity index (χ2v) is 7.46. The van der Waals surface area contributed by atoms with Gasteiger partial charge in [0.1, 0.15) is 0 Å². The maximum absolute atomic E-state index is 3.92. The van der Waals surface area contributed by atoms with Crippen molar-refractivity contribution in [2.24, 2.45) is 16.7 Å². The predicted molar refractivity (Wildman–Crippen MR) is 81.0 cm³/mol. The number of fused-ring (bicyclic) bond motifs is 2. The van der Waals surface area contributed by atoms with E-state index in [1.54, 1.807) is 0 Å². The normalized spacial score (nSPS) is 37.5. The fourth-order valence-electron chi connectivity index (χ4n) is 4.60. The largest absolute Gasteiger partial charge is 0.307 e. The first-order chi connectivity index (χ1) is 8.95. The first-order valence-corrected chi connectivity index (χ1v) is 7.76. The monoisotopic (exact) mass is 257 g/mol. The summed E-state index contributed by atoms with van der Waals surface area (Å²) in [5, 5.41) is 3.92. The molecular formula is C18H27N. The van der Waals surface area contributed by atoms with Crippen molar-refractivity contribution in [2.75, 3.05) is 0 Å². The first kappa shape index (κ1) is 13.2. The zero-order chi connectivity index (χ0) is 13.7. The second kappa shape index (κ2) is 4.34. The van der Waals surface area contributed by atoms with Gasteiger partial charge in [-0.25, -0.2) is 0 Å². The highest BCUT2D eigenvalue weighted by Gasteiger charge is 2.61. The van der Waals surface area contributed by atoms with Crippen LogP contribution in [0.1, 0.15) is 58.6 Å². The predicted octanol–water partition coefficient (Wildman–Crippen LogP) is 4.55. The molecular weight excluding hydrogens is 230 g/mol. The summed E-state index contributed by atoms with van der Waals surface area (Å²) in [5.74, 6) is 0.915. The smallest absolute Gasteiger partial charge is 0.0294 e. The topological polar surface area (TPSA) is 12.0 Å². The van der Waals surface area contributed by atoms with Crippen molar-refractivity contribution in [2.45, 2.75) is 59.0 Å². The molecule has 2 saturated carbocycles. The van der Waals surface area contributed by atoms with E-state index in [1.165, 1.54) is 24.8 Å². The van der Waals surface area contributed by atoms with E-state index in [0.717, 1.165) is 5.92 Å². The van der Waals surface area contributed by atoms with Crippen LogP contribution >= 0.6 is 0 Å². The van der Waals surface area contributed by atoms with Gasteiger partial charge < -0.3 is 5.32 Å². The van der Waals surface area contributed by atoms with E-state index in [9.17, 15) is 0 Å². The standard InChI is InChI=1S/C18H27N/c1-13(14-8-6-5-7-9-14)19-16-12-15-10-11-18(16,4)17(15,2)3/h5-9,13,15-16,19H,10-12H2,1-4H3/t13-,15-,16-,18+/m1/s1. The Kier molecular flexibility index (Phi) is 3.01. The highest BCUT2D eigenvalue weighted by molar-refractivity contribution is 5.20. The van der Waals surface area contributed by atoms with Crippen molar-refractivity contribution in [1.82, 2.24) is 5.32 Å². The molecule has 1 N–H and O–H groups in total. The van der Waals surface area contributed by atoms with E-state index in [-0.39, 0.29) is 0 Å². The number of hydrogen-bond donors (Lipinski definition) is 1. The van der Waals surface area contributed by atoms with Gasteiger partial charge in [0.15, 0.2) is 0 Å². The van der Waals surface area contributed by atoms with Crippen LogP contribution in [0.25, 0.3) is 0 Å². The van der Waals surface area contributed by atoms with Crippen LogP contribution in [-0.4, -0.2) is 6.04 Å². The molecule has 4 atom stereocenters. The lowest BCUT2D eigenvalue weighted by atomic mass is 9.69. The van der Waals surface area contributed by atoms with Gasteiger partial charge >= 0.3 is 0 Å². The molecule has 2 aliphatic carbocycles. The van der Waals surface area contributed by atoms with E-state index >= 15 is 0 Å². The number of benzene rings is 1. The van der Waals surface area contributed by atoms with Crippen LogP contribution in [0.2, 0.25) is 0 Å². The van der Waals surface area contributed by atoms with E-state index in [0.29, 0.717) is 22.9 Å². The Morgan fingerprint density at radius 1 is 1.16 bits per heavy atom. The van der Waals surface area contributed by atoms with Gasteiger partial charge in [-0.3, -0.25) is 0 Å². The molecule has 1 heteroatoms. The molecule has 2 bridgehead atoms. The molecule has 104 valence electrons. The maximum atomic E-state index is 3.92. The minimum atomic E-state index is 0.457. The summed E-state index contributed by atoms with van der Waals surface area (Å²) in [6, 6.07) is 12.0. The molecule has 0 spiro atoms. The first-order valence-electron chi connectivity index (χ1n) is 7.76. The van der Waals surface area contributed by atoms with E-state index in [1.807, 2.05) is 0 Å². The summed E-state index contributed by atoms with van der Waals surface area (Å²) in [7, 11) is 0. The Hall–Kier alpha value is -0.820. The van der Waals surface area contributed by atoms with Gasteiger partial charge in [-0.2, -0.15) is 0 Å². The van der Waals surface area contributed by atoms with Crippen LogP contribution in [0.15, 0.2) is 30.3 Å². The molecule has 0 radical (unpaired) electrons. The van der Waals surface area contributed by atoms with Gasteiger partial charge in [-0.15, -0.1) is 0 Å². The summed E-state index contributed by atoms with van der Waals surface area (Å²) in [6.45, 7) is 9.78. The van der Waals surface area contributed by atoms with Crippen molar-refractivity contribution < 1.29 is 0 Å². The molecule has 19 heavy (non-hydrogen) atoms. The molecule has 1 aromatic carbocycles. The number of rotatable bonds is 3. The molecule has 0 unspecified atom stereocenters. The SMILES string of the molecule is C[C@@H](N[C@@H]1C[C@H]2CC[C@]1(C)C2(C)C)c1ccccc1. The summed E-state index contributed by atoms with van der Waals surface area (Å²) >= 11 is 0. The minimum Gasteiger partial charge on any atom is -0.307 e. The third-order valence-electron chi connectivity index (χ3n) is 6.54. The summed E-state index contributed by atoms with van der Waals surface area (Å²) in [6.07, 6.45) is 4.19. The average Bonchev–Trinajstić information content (AvgIpc) is 2.73. The van der Waals surface area contributed by atoms with E-state index < -0.39 is 0 Å². The maximum Gasteiger partial charge on any atom is 0.0294 e. The van der Waals surface area contributed by atoms with Crippen molar-refractivity contribution in [3.05, 3.63) is 35.9 Å². The Morgan fingerprint density at radius 2 is 1.84 bits per heavy atom. The second-order valence-electron chi connectivity index (χ2n) is 7.46. The fraction of sp³-hybridized carbons (Fsp3) is 0.667. The van der Waals surface area contributed by atoms with Gasteiger partial charge in [-0.05, 0) is 48.5 Å². The van der Waals surface area contributed by atoms with Gasteiger partial charge in [-0.1, -0.05) is 51.1 Å². The van der Waals surface area contributed by atoms with Gasteiger partial charge in [0.2, 0.25) is 0 Å². The summed E-state index contributed by atoms with van der Waals surface area (Å²) in [5.41, 5.74) is 2.38. The molecule has 0 aromatic heterocycles. The summed E-state index contributed by atoms with van der Waals surface area (Å²) < 4.78 is 0. The van der Waals surface area contributed by atoms with Gasteiger partial charge in [0, 0.05) is 12.1 Å². The lowest BCUT2D eigenvalue weighted by Gasteiger charge is -2.40. The fourth-order valence-corrected chi connectivity index (χ4v) is 4.60. The molecule has 0 saturated heterocycles. The third kappa shape index (κ3) is 1.86. The minimum absolute atomic E-state index is 0.457. The van der Waals surface area contributed by atoms with Gasteiger partial charge in [0.05, 0.1) is 0 Å². The zero-order valence-corrected chi connectivity index (χ0v) is 12.7. The highest BCUT2D eigenvalue weighted by atomic mass is 15.0. The van der Waals surface area contributed by atoms with Crippen LogP contribution in [0, 0.1) is 16.7 Å². The lowest BCUT2D eigenvalue weighted by molar-refractivity contribution is 0.116. The van der Waals surface area contributed by atoms with Crippen molar-refractivity contribution in [1.29, 1.82) is 0 Å². The molecule has 2 aliphatic rings. The quantitative estimate of drug-likeness (QED) is 0.837. The van der Waals surface area contributed by atoms with Crippen LogP contribution in [0.4, 0.5) is 0 Å². The molecule has 1 aromatic rings. The zero-order valence-electron chi connectivity index (χ0n) is 12.7. The van der Waals surface area contributed by atoms with E-state index in [4.69, 9.17) is 0 Å². The van der Waals surface area contributed by atoms with Crippen molar-refractivity contribution in [3.63, 3.8) is 0 Å². The Bertz CT molecular complexity index is 450. The van der Waals surface area contributed by atoms with Crippen molar-refractivity contribution in [3.8, 4) is 0 Å². The molecule has 0 amide bonds. The van der Waals surface area contributed by atoms with Crippen LogP contribution in [-0.2, 0) is 0 Å². The number of hydrogen-bond acceptors (Lipinski definition) is 1. The van der Waals surface area contributed by atoms with Crippen LogP contribution < -0.4 is 5.32 Å². The van der Waals surface area contributed by atoms with Gasteiger partial charge in [0.25, 0.3) is 0 Å². The Labute approximate surface area is 117 Å². The van der Waals surface area contributed by atoms with E-state index in [2.05, 4.69) is 63.3 Å². The van der Waals surface area contributed by atoms with Crippen LogP contribution in [0.3, 0.4) is 0 Å². The lowest BCUT2D eigenvalue weighted by Crippen LogP contribution is -2.45. The van der Waals surface area contributed by atoms with Crippen molar-refractivity contribution >= 4 is 0 Å². The molecule has 1 nitrogen and oxygen atoms in total. The number of nitrogens with one attached hydrogen (secondary N) is 1. The highest BCUT2D eigenvalue weighted by Crippen LogP contribution is 2.65.